The molecule has 158 valence electrons. The lowest BCUT2D eigenvalue weighted by molar-refractivity contribution is 0.408. The minimum Gasteiger partial charge on any atom is -0.440 e. The van der Waals surface area contributed by atoms with E-state index in [2.05, 4.69) is 15.9 Å². The first-order valence-electron chi connectivity index (χ1n) is 10.4. The van der Waals surface area contributed by atoms with Gasteiger partial charge in [0.15, 0.2) is 11.5 Å². The molecule has 5 rings (SSSR count). The summed E-state index contributed by atoms with van der Waals surface area (Å²) in [6.07, 6.45) is 1.55. The van der Waals surface area contributed by atoms with Gasteiger partial charge in [-0.15, -0.1) is 0 Å². The van der Waals surface area contributed by atoms with E-state index in [1.54, 1.807) is 19.2 Å². The molecule has 0 radical (unpaired) electrons. The number of nitriles is 1. The van der Waals surface area contributed by atoms with Crippen LogP contribution in [-0.4, -0.2) is 27.6 Å². The normalized spacial score (nSPS) is 14.6. The van der Waals surface area contributed by atoms with E-state index < -0.39 is 0 Å². The fraction of sp³-hybridized carbons (Fsp3) is 0.292. The SMILES string of the molecule is [C-]#[N+]c1c(N2CCC(c3nc4cc(C)ccc4o3)CC2)c2nc(C#N)ccc2n(C)c1=O. The lowest BCUT2D eigenvalue weighted by Gasteiger charge is -2.33. The zero-order valence-corrected chi connectivity index (χ0v) is 17.8. The predicted octanol–water partition coefficient (Wildman–Crippen LogP) is 4.19. The summed E-state index contributed by atoms with van der Waals surface area (Å²) in [5.74, 6) is 0.894. The van der Waals surface area contributed by atoms with E-state index in [4.69, 9.17) is 16.0 Å². The van der Waals surface area contributed by atoms with Crippen LogP contribution >= 0.6 is 0 Å². The van der Waals surface area contributed by atoms with Gasteiger partial charge in [0.25, 0.3) is 11.2 Å². The van der Waals surface area contributed by atoms with Crippen molar-refractivity contribution in [1.82, 2.24) is 14.5 Å². The van der Waals surface area contributed by atoms with Gasteiger partial charge in [0, 0.05) is 26.1 Å². The van der Waals surface area contributed by atoms with Gasteiger partial charge < -0.3 is 13.9 Å². The first-order valence-corrected chi connectivity index (χ1v) is 10.4. The Morgan fingerprint density at radius 3 is 2.72 bits per heavy atom. The molecule has 0 bridgehead atoms. The Balaban J connectivity index is 1.52. The van der Waals surface area contributed by atoms with E-state index in [1.165, 1.54) is 4.57 Å². The van der Waals surface area contributed by atoms with Crippen LogP contribution < -0.4 is 10.5 Å². The van der Waals surface area contributed by atoms with Gasteiger partial charge in [-0.25, -0.2) is 14.8 Å². The van der Waals surface area contributed by atoms with Crippen LogP contribution in [0.25, 0.3) is 27.0 Å². The van der Waals surface area contributed by atoms with Crippen molar-refractivity contribution in [3.63, 3.8) is 0 Å². The fourth-order valence-corrected chi connectivity index (χ4v) is 4.42. The van der Waals surface area contributed by atoms with Crippen LogP contribution in [0.5, 0.6) is 0 Å². The molecule has 0 aliphatic carbocycles. The average Bonchev–Trinajstić information content (AvgIpc) is 3.24. The van der Waals surface area contributed by atoms with Crippen molar-refractivity contribution < 1.29 is 4.42 Å². The molecule has 4 aromatic rings. The van der Waals surface area contributed by atoms with Crippen molar-refractivity contribution in [2.75, 3.05) is 18.0 Å². The van der Waals surface area contributed by atoms with Crippen LogP contribution in [-0.2, 0) is 7.05 Å². The van der Waals surface area contributed by atoms with E-state index in [9.17, 15) is 10.1 Å². The van der Waals surface area contributed by atoms with E-state index in [1.807, 2.05) is 30.0 Å². The molecule has 1 aliphatic heterocycles. The Hall–Kier alpha value is -4.17. The summed E-state index contributed by atoms with van der Waals surface area (Å²) in [6, 6.07) is 11.3. The Morgan fingerprint density at radius 2 is 2.00 bits per heavy atom. The highest BCUT2D eigenvalue weighted by Crippen LogP contribution is 2.37. The number of nitrogens with zero attached hydrogens (tertiary/aromatic N) is 6. The molecule has 0 amide bonds. The second kappa shape index (κ2) is 7.51. The Morgan fingerprint density at radius 1 is 1.22 bits per heavy atom. The number of anilines is 1. The lowest BCUT2D eigenvalue weighted by Crippen LogP contribution is -2.34. The van der Waals surface area contributed by atoms with Crippen LogP contribution in [0.4, 0.5) is 11.4 Å². The molecule has 8 nitrogen and oxygen atoms in total. The number of piperidine rings is 1. The number of fused-ring (bicyclic) bond motifs is 2. The highest BCUT2D eigenvalue weighted by atomic mass is 16.3. The van der Waals surface area contributed by atoms with Crippen LogP contribution in [0.3, 0.4) is 0 Å². The zero-order valence-electron chi connectivity index (χ0n) is 17.8. The Labute approximate surface area is 184 Å². The molecule has 1 aliphatic rings. The van der Waals surface area contributed by atoms with Gasteiger partial charge in [-0.05, 0) is 49.6 Å². The van der Waals surface area contributed by atoms with Crippen molar-refractivity contribution in [2.45, 2.75) is 25.7 Å². The molecule has 0 N–H and O–H groups in total. The number of rotatable bonds is 2. The van der Waals surface area contributed by atoms with Crippen LogP contribution in [0.15, 0.2) is 39.5 Å². The first kappa shape index (κ1) is 19.8. The summed E-state index contributed by atoms with van der Waals surface area (Å²) in [5.41, 5.74) is 4.36. The molecule has 0 spiro atoms. The third-order valence-corrected chi connectivity index (χ3v) is 6.14. The largest absolute Gasteiger partial charge is 0.440 e. The molecule has 32 heavy (non-hydrogen) atoms. The molecule has 8 heteroatoms. The highest BCUT2D eigenvalue weighted by molar-refractivity contribution is 5.96. The first-order chi connectivity index (χ1) is 15.5. The summed E-state index contributed by atoms with van der Waals surface area (Å²) in [7, 11) is 1.62. The number of pyridine rings is 2. The predicted molar refractivity (Wildman–Crippen MR) is 121 cm³/mol. The monoisotopic (exact) mass is 424 g/mol. The van der Waals surface area contributed by atoms with Gasteiger partial charge in [-0.2, -0.15) is 5.26 Å². The van der Waals surface area contributed by atoms with Crippen molar-refractivity contribution in [3.8, 4) is 6.07 Å². The molecule has 0 saturated carbocycles. The number of aryl methyl sites for hydroxylation is 2. The molecule has 4 heterocycles. The minimum atomic E-state index is -0.356. The third kappa shape index (κ3) is 3.09. The maximum Gasteiger partial charge on any atom is 0.275 e. The van der Waals surface area contributed by atoms with Gasteiger partial charge in [0.1, 0.15) is 22.8 Å². The molecular formula is C24H20N6O2. The summed E-state index contributed by atoms with van der Waals surface area (Å²) in [6.45, 7) is 10.9. The topological polar surface area (TPSA) is 92.3 Å². The summed E-state index contributed by atoms with van der Waals surface area (Å²) in [5, 5.41) is 9.31. The summed E-state index contributed by atoms with van der Waals surface area (Å²) >= 11 is 0. The van der Waals surface area contributed by atoms with E-state index in [-0.39, 0.29) is 22.9 Å². The van der Waals surface area contributed by atoms with Gasteiger partial charge in [0.2, 0.25) is 0 Å². The van der Waals surface area contributed by atoms with Gasteiger partial charge in [-0.3, -0.25) is 4.79 Å². The lowest BCUT2D eigenvalue weighted by atomic mass is 9.96. The van der Waals surface area contributed by atoms with Crippen molar-refractivity contribution in [2.24, 2.45) is 7.05 Å². The van der Waals surface area contributed by atoms with E-state index in [0.717, 1.165) is 35.4 Å². The third-order valence-electron chi connectivity index (χ3n) is 6.14. The summed E-state index contributed by atoms with van der Waals surface area (Å²) < 4.78 is 7.43. The van der Waals surface area contributed by atoms with Crippen molar-refractivity contribution in [3.05, 3.63) is 69.3 Å². The van der Waals surface area contributed by atoms with Gasteiger partial charge in [-0.1, -0.05) is 6.07 Å². The number of hydrogen-bond donors (Lipinski definition) is 0. The van der Waals surface area contributed by atoms with Crippen LogP contribution in [0.2, 0.25) is 0 Å². The fourth-order valence-electron chi connectivity index (χ4n) is 4.42. The number of hydrogen-bond acceptors (Lipinski definition) is 6. The van der Waals surface area contributed by atoms with Crippen LogP contribution in [0, 0.1) is 24.8 Å². The number of oxazole rings is 1. The standard InChI is InChI=1S/C24H20N6O2/c1-14-4-7-19-17(12-14)28-23(32-19)15-8-10-30(11-9-15)22-20-18(6-5-16(13-25)27-20)29(3)24(31)21(22)26-2/h4-7,12,15H,8-11H2,1,3H3. The summed E-state index contributed by atoms with van der Waals surface area (Å²) in [4.78, 5) is 27.6. The Bertz CT molecular complexity index is 1510. The highest BCUT2D eigenvalue weighted by Gasteiger charge is 2.29. The average molecular weight is 424 g/mol. The van der Waals surface area contributed by atoms with E-state index >= 15 is 0 Å². The quantitative estimate of drug-likeness (QED) is 0.448. The van der Waals surface area contributed by atoms with Gasteiger partial charge >= 0.3 is 0 Å². The smallest absolute Gasteiger partial charge is 0.275 e. The van der Waals surface area contributed by atoms with E-state index in [0.29, 0.717) is 29.8 Å². The zero-order chi connectivity index (χ0) is 22.4. The van der Waals surface area contributed by atoms with Crippen molar-refractivity contribution in [1.29, 1.82) is 5.26 Å². The second-order valence-corrected chi connectivity index (χ2v) is 8.13. The molecule has 3 aromatic heterocycles. The Kier molecular flexibility index (Phi) is 4.64. The van der Waals surface area contributed by atoms with Crippen LogP contribution in [0.1, 0.15) is 35.9 Å². The molecule has 1 saturated heterocycles. The number of aromatic nitrogens is 3. The van der Waals surface area contributed by atoms with Crippen molar-refractivity contribution >= 4 is 33.5 Å². The molecular weight excluding hydrogens is 404 g/mol. The number of benzene rings is 1. The molecule has 0 unspecified atom stereocenters. The maximum absolute atomic E-state index is 12.8. The maximum atomic E-state index is 12.8. The van der Waals surface area contributed by atoms with Gasteiger partial charge in [0.05, 0.1) is 17.8 Å². The molecule has 0 atom stereocenters. The minimum absolute atomic E-state index is 0.0402. The molecule has 1 fully saturated rings. The second-order valence-electron chi connectivity index (χ2n) is 8.13. The molecule has 1 aromatic carbocycles.